The molecular formula is C15H20O2. The van der Waals surface area contributed by atoms with Crippen molar-refractivity contribution in [2.75, 3.05) is 0 Å². The van der Waals surface area contributed by atoms with Crippen LogP contribution in [0.5, 0.6) is 0 Å². The van der Waals surface area contributed by atoms with Gasteiger partial charge in [-0.25, -0.2) is 4.79 Å². The number of rotatable bonds is 0. The topological polar surface area (TPSA) is 26.3 Å². The van der Waals surface area contributed by atoms with Gasteiger partial charge in [-0.2, -0.15) is 0 Å². The summed E-state index contributed by atoms with van der Waals surface area (Å²) in [4.78, 5) is 11.6. The van der Waals surface area contributed by atoms with Crippen molar-refractivity contribution in [1.82, 2.24) is 0 Å². The van der Waals surface area contributed by atoms with Crippen molar-refractivity contribution >= 4 is 5.97 Å². The van der Waals surface area contributed by atoms with Gasteiger partial charge in [0, 0.05) is 5.57 Å². The van der Waals surface area contributed by atoms with Crippen LogP contribution in [0.3, 0.4) is 0 Å². The fraction of sp³-hybridized carbons (Fsp3) is 0.667. The molecule has 0 aromatic heterocycles. The molecule has 1 heterocycles. The molecule has 3 atom stereocenters. The van der Waals surface area contributed by atoms with Crippen molar-refractivity contribution in [1.29, 1.82) is 0 Å². The normalized spacial score (nSPS) is 41.1. The molecule has 2 saturated carbocycles. The highest BCUT2D eigenvalue weighted by Crippen LogP contribution is 2.55. The Labute approximate surface area is 103 Å². The number of esters is 1. The third-order valence-corrected chi connectivity index (χ3v) is 5.08. The van der Waals surface area contributed by atoms with Crippen LogP contribution in [0, 0.1) is 11.3 Å². The van der Waals surface area contributed by atoms with Crippen LogP contribution in [-0.2, 0) is 9.53 Å². The molecule has 0 N–H and O–H groups in total. The molecule has 0 bridgehead atoms. The summed E-state index contributed by atoms with van der Waals surface area (Å²) in [5, 5.41) is 0. The van der Waals surface area contributed by atoms with Gasteiger partial charge in [-0.1, -0.05) is 19.1 Å². The molecule has 0 spiro atoms. The van der Waals surface area contributed by atoms with Gasteiger partial charge >= 0.3 is 5.97 Å². The summed E-state index contributed by atoms with van der Waals surface area (Å²) in [5.41, 5.74) is 3.79. The van der Waals surface area contributed by atoms with Gasteiger partial charge in [-0.05, 0) is 55.9 Å². The second-order valence-corrected chi connectivity index (χ2v) is 6.17. The Balaban J connectivity index is 1.97. The summed E-state index contributed by atoms with van der Waals surface area (Å²) in [7, 11) is 0. The lowest BCUT2D eigenvalue weighted by molar-refractivity contribution is -0.141. The number of hydrogen-bond acceptors (Lipinski definition) is 2. The highest BCUT2D eigenvalue weighted by molar-refractivity contribution is 5.91. The van der Waals surface area contributed by atoms with Crippen LogP contribution in [-0.4, -0.2) is 12.1 Å². The number of carbonyl (C=O) groups is 1. The summed E-state index contributed by atoms with van der Waals surface area (Å²) in [6.07, 6.45) is 5.70. The van der Waals surface area contributed by atoms with Gasteiger partial charge in [-0.15, -0.1) is 0 Å². The largest absolute Gasteiger partial charge is 0.454 e. The minimum Gasteiger partial charge on any atom is -0.454 e. The van der Waals surface area contributed by atoms with Gasteiger partial charge in [0.15, 0.2) is 0 Å². The fourth-order valence-corrected chi connectivity index (χ4v) is 3.95. The molecular weight excluding hydrogens is 212 g/mol. The van der Waals surface area contributed by atoms with Crippen molar-refractivity contribution in [3.8, 4) is 0 Å². The van der Waals surface area contributed by atoms with Gasteiger partial charge in [0.2, 0.25) is 0 Å². The summed E-state index contributed by atoms with van der Waals surface area (Å²) < 4.78 is 5.48. The molecule has 3 aliphatic rings. The van der Waals surface area contributed by atoms with Crippen LogP contribution >= 0.6 is 0 Å². The zero-order valence-corrected chi connectivity index (χ0v) is 10.7. The third kappa shape index (κ3) is 1.50. The first-order valence-electron chi connectivity index (χ1n) is 6.59. The Morgan fingerprint density at radius 2 is 2.24 bits per heavy atom. The predicted molar refractivity (Wildman–Crippen MR) is 66.4 cm³/mol. The van der Waals surface area contributed by atoms with Crippen LogP contribution in [0.4, 0.5) is 0 Å². The molecule has 92 valence electrons. The van der Waals surface area contributed by atoms with Crippen molar-refractivity contribution in [3.05, 3.63) is 23.3 Å². The van der Waals surface area contributed by atoms with Gasteiger partial charge in [0.1, 0.15) is 6.10 Å². The van der Waals surface area contributed by atoms with Gasteiger partial charge in [0.05, 0.1) is 0 Å². The van der Waals surface area contributed by atoms with Crippen LogP contribution < -0.4 is 0 Å². The molecule has 0 unspecified atom stereocenters. The number of ether oxygens (including phenoxy) is 1. The maximum absolute atomic E-state index is 11.6. The lowest BCUT2D eigenvalue weighted by Crippen LogP contribution is -2.41. The molecule has 2 nitrogen and oxygen atoms in total. The fourth-order valence-electron chi connectivity index (χ4n) is 3.95. The molecule has 3 rings (SSSR count). The second kappa shape index (κ2) is 3.47. The maximum atomic E-state index is 11.6. The molecule has 0 radical (unpaired) electrons. The summed E-state index contributed by atoms with van der Waals surface area (Å²) >= 11 is 0. The molecule has 1 aliphatic heterocycles. The molecule has 0 amide bonds. The Morgan fingerprint density at radius 3 is 3.00 bits per heavy atom. The minimum absolute atomic E-state index is 0.0645. The average molecular weight is 232 g/mol. The Kier molecular flexibility index (Phi) is 2.26. The monoisotopic (exact) mass is 232 g/mol. The van der Waals surface area contributed by atoms with E-state index >= 15 is 0 Å². The Bertz CT molecular complexity index is 432. The summed E-state index contributed by atoms with van der Waals surface area (Å²) in [5.74, 6) is 0.463. The van der Waals surface area contributed by atoms with Gasteiger partial charge in [0.25, 0.3) is 0 Å². The quantitative estimate of drug-likeness (QED) is 0.472. The third-order valence-electron chi connectivity index (χ3n) is 5.08. The van der Waals surface area contributed by atoms with Gasteiger partial charge in [-0.3, -0.25) is 0 Å². The van der Waals surface area contributed by atoms with E-state index in [1.54, 1.807) is 0 Å². The average Bonchev–Trinajstić information content (AvgIpc) is 2.52. The molecule has 0 aromatic carbocycles. The van der Waals surface area contributed by atoms with E-state index in [2.05, 4.69) is 13.5 Å². The highest BCUT2D eigenvalue weighted by atomic mass is 16.5. The van der Waals surface area contributed by atoms with E-state index in [9.17, 15) is 4.79 Å². The number of fused-ring (bicyclic) bond motifs is 2. The van der Waals surface area contributed by atoms with E-state index in [0.717, 1.165) is 24.8 Å². The smallest absolute Gasteiger partial charge is 0.334 e. The number of carbonyl (C=O) groups excluding carboxylic acids is 1. The zero-order chi connectivity index (χ0) is 12.2. The van der Waals surface area contributed by atoms with Crippen molar-refractivity contribution < 1.29 is 9.53 Å². The molecule has 0 aromatic rings. The van der Waals surface area contributed by atoms with E-state index in [4.69, 9.17) is 4.74 Å². The van der Waals surface area contributed by atoms with Crippen molar-refractivity contribution in [3.63, 3.8) is 0 Å². The van der Waals surface area contributed by atoms with E-state index < -0.39 is 0 Å². The lowest BCUT2D eigenvalue weighted by atomic mass is 9.57. The molecule has 17 heavy (non-hydrogen) atoms. The first-order chi connectivity index (χ1) is 8.01. The Hall–Kier alpha value is -1.05. The number of hydrogen-bond donors (Lipinski definition) is 0. The van der Waals surface area contributed by atoms with Crippen LogP contribution in [0.1, 0.15) is 46.0 Å². The first kappa shape index (κ1) is 11.1. The SMILES string of the molecule is C=C1CCC[C@]2(C)C[C@@H]3OC(=O)C(C)=C3C[C@H]12. The summed E-state index contributed by atoms with van der Waals surface area (Å²) in [6, 6.07) is 0. The van der Waals surface area contributed by atoms with Crippen molar-refractivity contribution in [2.45, 2.75) is 52.1 Å². The lowest BCUT2D eigenvalue weighted by Gasteiger charge is -2.48. The number of allylic oxidation sites excluding steroid dienone is 1. The Morgan fingerprint density at radius 1 is 1.47 bits per heavy atom. The zero-order valence-electron chi connectivity index (χ0n) is 10.7. The molecule has 2 heteroatoms. The van der Waals surface area contributed by atoms with E-state index in [1.165, 1.54) is 24.0 Å². The summed E-state index contributed by atoms with van der Waals surface area (Å²) in [6.45, 7) is 8.51. The first-order valence-corrected chi connectivity index (χ1v) is 6.59. The van der Waals surface area contributed by atoms with E-state index in [1.807, 2.05) is 6.92 Å². The maximum Gasteiger partial charge on any atom is 0.334 e. The molecule has 2 aliphatic carbocycles. The van der Waals surface area contributed by atoms with Gasteiger partial charge < -0.3 is 4.74 Å². The molecule has 0 saturated heterocycles. The second-order valence-electron chi connectivity index (χ2n) is 6.17. The van der Waals surface area contributed by atoms with Crippen LogP contribution in [0.25, 0.3) is 0 Å². The van der Waals surface area contributed by atoms with Crippen molar-refractivity contribution in [2.24, 2.45) is 11.3 Å². The van der Waals surface area contributed by atoms with Crippen LogP contribution in [0.15, 0.2) is 23.3 Å². The highest BCUT2D eigenvalue weighted by Gasteiger charge is 2.49. The van der Waals surface area contributed by atoms with Crippen LogP contribution in [0.2, 0.25) is 0 Å². The predicted octanol–water partition coefficient (Wildman–Crippen LogP) is 3.38. The van der Waals surface area contributed by atoms with E-state index in [-0.39, 0.29) is 12.1 Å². The standard InChI is InChI=1S/C15H20O2/c1-9-5-4-6-15(3)8-13-11(7-12(9)15)10(2)14(16)17-13/h12-13H,1,4-8H2,2-3H3/t12-,13+,15-/m1/s1. The van der Waals surface area contributed by atoms with E-state index in [0.29, 0.717) is 11.3 Å². The molecule has 2 fully saturated rings. The minimum atomic E-state index is -0.0992.